The second-order valence-corrected chi connectivity index (χ2v) is 14.2. The molecule has 0 saturated carbocycles. The van der Waals surface area contributed by atoms with Gasteiger partial charge in [-0.15, -0.1) is 0 Å². The zero-order valence-corrected chi connectivity index (χ0v) is 27.4. The largest absolute Gasteiger partial charge is 0.324 e. The molecule has 4 N–H and O–H groups in total. The van der Waals surface area contributed by atoms with Crippen LogP contribution in [0.4, 0.5) is 23.3 Å². The standard InChI is InChI=1S/C24H22Cl2N8O6S4/c1-3-41-23-31-19(25)29-21(33-23)27-15-9-7-13(17(11-15)43(35,36)37)5-6-14-8-10-16(12-18(14)44(38,39)40)28-22-30-20(26)32-24(34-22)42-4-2/h5-12H,3-4H2,1-2H3,(H,35,36,37)(H,38,39,40)(H,27,29,31,33)(H,28,30,32,34). The van der Waals surface area contributed by atoms with Crippen molar-refractivity contribution in [2.24, 2.45) is 0 Å². The molecule has 0 amide bonds. The summed E-state index contributed by atoms with van der Waals surface area (Å²) in [7, 11) is -9.50. The van der Waals surface area contributed by atoms with Crippen LogP contribution in [0, 0.1) is 0 Å². The van der Waals surface area contributed by atoms with Gasteiger partial charge in [0.05, 0.1) is 0 Å². The van der Waals surface area contributed by atoms with Crippen LogP contribution in [0.25, 0.3) is 12.2 Å². The van der Waals surface area contributed by atoms with Crippen LogP contribution in [0.3, 0.4) is 0 Å². The Balaban J connectivity index is 1.66. The molecule has 0 unspecified atom stereocenters. The summed E-state index contributed by atoms with van der Waals surface area (Å²) in [4.78, 5) is 23.4. The first-order chi connectivity index (χ1) is 20.7. The number of hydrogen-bond donors (Lipinski definition) is 4. The number of halogens is 2. The first kappa shape index (κ1) is 33.8. The lowest BCUT2D eigenvalue weighted by Crippen LogP contribution is -2.05. The van der Waals surface area contributed by atoms with Crippen LogP contribution in [-0.2, 0) is 20.2 Å². The van der Waals surface area contributed by atoms with Gasteiger partial charge in [0.2, 0.25) is 22.5 Å². The Kier molecular flexibility index (Phi) is 11.0. The number of hydrogen-bond acceptors (Lipinski definition) is 14. The molecule has 2 aromatic carbocycles. The average Bonchev–Trinajstić information content (AvgIpc) is 2.91. The second-order valence-electron chi connectivity index (χ2n) is 8.33. The van der Waals surface area contributed by atoms with Crippen LogP contribution >= 0.6 is 46.7 Å². The van der Waals surface area contributed by atoms with Crippen LogP contribution in [0.2, 0.25) is 10.6 Å². The molecule has 0 spiro atoms. The fraction of sp³-hybridized carbons (Fsp3) is 0.167. The Labute approximate surface area is 271 Å². The van der Waals surface area contributed by atoms with Crippen molar-refractivity contribution < 1.29 is 25.9 Å². The van der Waals surface area contributed by atoms with E-state index in [2.05, 4.69) is 40.5 Å². The summed E-state index contributed by atoms with van der Waals surface area (Å²) in [6, 6.07) is 7.99. The van der Waals surface area contributed by atoms with Crippen LogP contribution in [0.15, 0.2) is 56.5 Å². The molecular weight excluding hydrogens is 695 g/mol. The highest BCUT2D eigenvalue weighted by atomic mass is 35.5. The maximum Gasteiger partial charge on any atom is 0.295 e. The fourth-order valence-electron chi connectivity index (χ4n) is 3.55. The quantitative estimate of drug-likeness (QED) is 0.0782. The Morgan fingerprint density at radius 1 is 0.682 bits per heavy atom. The first-order valence-electron chi connectivity index (χ1n) is 12.3. The van der Waals surface area contributed by atoms with Gasteiger partial charge in [0.25, 0.3) is 20.2 Å². The predicted molar refractivity (Wildman–Crippen MR) is 170 cm³/mol. The molecule has 0 aliphatic carbocycles. The van der Waals surface area contributed by atoms with E-state index in [0.29, 0.717) is 21.8 Å². The Hall–Kier alpha value is -3.10. The molecule has 0 fully saturated rings. The van der Waals surface area contributed by atoms with E-state index in [0.717, 1.165) is 12.1 Å². The lowest BCUT2D eigenvalue weighted by molar-refractivity contribution is 0.480. The highest BCUT2D eigenvalue weighted by Crippen LogP contribution is 2.28. The van der Waals surface area contributed by atoms with Gasteiger partial charge in [0, 0.05) is 11.4 Å². The molecule has 14 nitrogen and oxygen atoms in total. The van der Waals surface area contributed by atoms with Crippen molar-refractivity contribution in [1.29, 1.82) is 0 Å². The minimum absolute atomic E-state index is 0.0122. The van der Waals surface area contributed by atoms with Gasteiger partial charge >= 0.3 is 0 Å². The van der Waals surface area contributed by atoms with Crippen molar-refractivity contribution in [3.8, 4) is 0 Å². The number of benzene rings is 2. The smallest absolute Gasteiger partial charge is 0.295 e. The molecule has 2 aromatic heterocycles. The van der Waals surface area contributed by atoms with Crippen molar-refractivity contribution in [1.82, 2.24) is 29.9 Å². The fourth-order valence-corrected chi connectivity index (χ4v) is 6.51. The van der Waals surface area contributed by atoms with Crippen molar-refractivity contribution in [3.05, 3.63) is 58.1 Å². The molecule has 2 heterocycles. The van der Waals surface area contributed by atoms with Gasteiger partial charge < -0.3 is 10.6 Å². The first-order valence-corrected chi connectivity index (χ1v) is 17.9. The minimum Gasteiger partial charge on any atom is -0.324 e. The van der Waals surface area contributed by atoms with Gasteiger partial charge in [-0.1, -0.05) is 61.7 Å². The van der Waals surface area contributed by atoms with Gasteiger partial charge in [-0.3, -0.25) is 9.11 Å². The van der Waals surface area contributed by atoms with E-state index in [4.69, 9.17) is 23.2 Å². The number of anilines is 4. The van der Waals surface area contributed by atoms with E-state index in [1.54, 1.807) is 0 Å². The van der Waals surface area contributed by atoms with E-state index in [9.17, 15) is 25.9 Å². The second kappa shape index (κ2) is 14.3. The number of rotatable bonds is 12. The Morgan fingerprint density at radius 3 is 1.41 bits per heavy atom. The zero-order chi connectivity index (χ0) is 32.1. The summed E-state index contributed by atoms with van der Waals surface area (Å²) in [5, 5.41) is 6.23. The summed E-state index contributed by atoms with van der Waals surface area (Å²) in [5.74, 6) is 1.47. The average molecular weight is 718 g/mol. The number of nitrogens with zero attached hydrogens (tertiary/aromatic N) is 6. The third-order valence-electron chi connectivity index (χ3n) is 5.26. The van der Waals surface area contributed by atoms with Crippen molar-refractivity contribution in [2.75, 3.05) is 22.1 Å². The van der Waals surface area contributed by atoms with Crippen LogP contribution < -0.4 is 10.6 Å². The number of aromatic nitrogens is 6. The molecule has 0 bridgehead atoms. The summed E-state index contributed by atoms with van der Waals surface area (Å²) in [6.07, 6.45) is 2.53. The molecule has 0 aliphatic heterocycles. The molecule has 0 aliphatic rings. The monoisotopic (exact) mass is 716 g/mol. The molecule has 44 heavy (non-hydrogen) atoms. The summed E-state index contributed by atoms with van der Waals surface area (Å²) in [6.45, 7) is 3.81. The maximum atomic E-state index is 12.3. The van der Waals surface area contributed by atoms with Crippen molar-refractivity contribution >= 4 is 102 Å². The molecule has 232 valence electrons. The molecular formula is C24H22Cl2N8O6S4. The van der Waals surface area contributed by atoms with Gasteiger partial charge in [0.15, 0.2) is 10.3 Å². The predicted octanol–water partition coefficient (Wildman–Crippen LogP) is 5.74. The minimum atomic E-state index is -4.75. The summed E-state index contributed by atoms with van der Waals surface area (Å²) >= 11 is 14.6. The van der Waals surface area contributed by atoms with Gasteiger partial charge in [-0.05, 0) is 70.1 Å². The molecule has 4 aromatic rings. The summed E-state index contributed by atoms with van der Waals surface area (Å²) in [5.41, 5.74) is 0.436. The Bertz CT molecular complexity index is 1810. The topological polar surface area (TPSA) is 210 Å². The van der Waals surface area contributed by atoms with E-state index in [1.807, 2.05) is 13.8 Å². The van der Waals surface area contributed by atoms with E-state index in [-0.39, 0.29) is 45.0 Å². The third-order valence-corrected chi connectivity index (χ3v) is 8.88. The maximum absolute atomic E-state index is 12.3. The summed E-state index contributed by atoms with van der Waals surface area (Å²) < 4.78 is 68.9. The normalized spacial score (nSPS) is 12.0. The molecule has 0 saturated heterocycles. The lowest BCUT2D eigenvalue weighted by atomic mass is 10.1. The number of thioether (sulfide) groups is 2. The zero-order valence-electron chi connectivity index (χ0n) is 22.6. The third kappa shape index (κ3) is 9.21. The van der Waals surface area contributed by atoms with Crippen molar-refractivity contribution in [3.63, 3.8) is 0 Å². The molecule has 20 heteroatoms. The van der Waals surface area contributed by atoms with Crippen LogP contribution in [-0.4, -0.2) is 67.4 Å². The van der Waals surface area contributed by atoms with Gasteiger partial charge in [0.1, 0.15) is 9.79 Å². The van der Waals surface area contributed by atoms with Gasteiger partial charge in [-0.2, -0.15) is 46.7 Å². The number of nitrogens with one attached hydrogen (secondary N) is 2. The van der Waals surface area contributed by atoms with Crippen LogP contribution in [0.1, 0.15) is 25.0 Å². The SMILES string of the molecule is CCSc1nc(Cl)nc(Nc2ccc(C=Cc3ccc(Nc4nc(Cl)nc(SCC)n4)cc3S(=O)(=O)O)c(S(=O)(=O)O)c2)n1. The molecule has 4 rings (SSSR count). The Morgan fingerprint density at radius 2 is 1.07 bits per heavy atom. The lowest BCUT2D eigenvalue weighted by Gasteiger charge is -2.11. The highest BCUT2D eigenvalue weighted by molar-refractivity contribution is 7.99. The van der Waals surface area contributed by atoms with E-state index in [1.165, 1.54) is 59.9 Å². The molecule has 0 radical (unpaired) electrons. The van der Waals surface area contributed by atoms with E-state index >= 15 is 0 Å². The van der Waals surface area contributed by atoms with Crippen molar-refractivity contribution in [2.45, 2.75) is 34.0 Å². The van der Waals surface area contributed by atoms with Gasteiger partial charge in [-0.25, -0.2) is 0 Å². The molecule has 0 atom stereocenters. The van der Waals surface area contributed by atoms with Crippen LogP contribution in [0.5, 0.6) is 0 Å². The highest BCUT2D eigenvalue weighted by Gasteiger charge is 2.18. The van der Waals surface area contributed by atoms with E-state index < -0.39 is 30.0 Å².